The lowest BCUT2D eigenvalue weighted by Crippen LogP contribution is -2.26. The van der Waals surface area contributed by atoms with Crippen LogP contribution < -0.4 is 5.32 Å². The van der Waals surface area contributed by atoms with Crippen molar-refractivity contribution in [2.75, 3.05) is 25.3 Å². The minimum atomic E-state index is -0.245. The first-order valence-corrected chi connectivity index (χ1v) is 10.5. The molecular formula is C24H27N3O3. The number of carbonyl (C=O) groups excluding carboxylic acids is 1. The molecule has 6 nitrogen and oxygen atoms in total. The number of benzene rings is 2. The Balaban J connectivity index is 1.66. The average molecular weight is 405 g/mol. The van der Waals surface area contributed by atoms with Gasteiger partial charge in [0.25, 0.3) is 0 Å². The molecule has 0 spiro atoms. The topological polar surface area (TPSA) is 65.4 Å². The summed E-state index contributed by atoms with van der Waals surface area (Å²) < 4.78 is 12.5. The van der Waals surface area contributed by atoms with E-state index in [4.69, 9.17) is 14.6 Å². The van der Waals surface area contributed by atoms with E-state index in [0.29, 0.717) is 25.5 Å². The number of amides is 1. The smallest absolute Gasteiger partial charge is 0.231 e. The second kappa shape index (κ2) is 9.69. The fraction of sp³-hybridized carbons (Fsp3) is 0.333. The van der Waals surface area contributed by atoms with Gasteiger partial charge < -0.3 is 14.8 Å². The molecule has 1 aromatic heterocycles. The predicted molar refractivity (Wildman–Crippen MR) is 117 cm³/mol. The van der Waals surface area contributed by atoms with Crippen LogP contribution in [0, 0.1) is 5.92 Å². The lowest BCUT2D eigenvalue weighted by atomic mass is 10.0. The fourth-order valence-electron chi connectivity index (χ4n) is 3.64. The van der Waals surface area contributed by atoms with Crippen LogP contribution >= 0.6 is 0 Å². The maximum absolute atomic E-state index is 12.8. The molecule has 1 aliphatic heterocycles. The second-order valence-corrected chi connectivity index (χ2v) is 7.48. The number of carbonyl (C=O) groups is 1. The number of nitrogens with zero attached hydrogens (tertiary/aromatic N) is 2. The molecule has 156 valence electrons. The summed E-state index contributed by atoms with van der Waals surface area (Å²) in [6.45, 7) is 3.30. The molecule has 6 heteroatoms. The summed E-state index contributed by atoms with van der Waals surface area (Å²) in [6.07, 6.45) is 2.76. The Morgan fingerprint density at radius 3 is 2.83 bits per heavy atom. The zero-order valence-electron chi connectivity index (χ0n) is 17.2. The first kappa shape index (κ1) is 20.3. The normalized spacial score (nSPS) is 16.8. The molecular weight excluding hydrogens is 378 g/mol. The van der Waals surface area contributed by atoms with Crippen molar-refractivity contribution in [1.82, 2.24) is 9.78 Å². The molecule has 1 amide bonds. The molecule has 1 fully saturated rings. The fourth-order valence-corrected chi connectivity index (χ4v) is 3.64. The number of rotatable bonds is 6. The number of aromatic nitrogens is 2. The van der Waals surface area contributed by atoms with Crippen molar-refractivity contribution >= 4 is 11.7 Å². The SMILES string of the molecule is CCCc1cccc(-c2cc(NC(=O)C3CCOCOC3)nn2-c2ccccc2)c1. The van der Waals surface area contributed by atoms with Crippen LogP contribution in [0.15, 0.2) is 60.7 Å². The number of hydrogen-bond donors (Lipinski definition) is 1. The van der Waals surface area contributed by atoms with E-state index in [1.807, 2.05) is 41.1 Å². The number of para-hydroxylation sites is 1. The Kier molecular flexibility index (Phi) is 6.57. The highest BCUT2D eigenvalue weighted by atomic mass is 16.7. The van der Waals surface area contributed by atoms with Crippen LogP contribution in [-0.4, -0.2) is 35.7 Å². The van der Waals surface area contributed by atoms with Crippen LogP contribution in [0.25, 0.3) is 16.9 Å². The summed E-state index contributed by atoms with van der Waals surface area (Å²) in [5, 5.41) is 7.68. The van der Waals surface area contributed by atoms with Crippen molar-refractivity contribution in [3.05, 3.63) is 66.2 Å². The number of aryl methyl sites for hydroxylation is 1. The Labute approximate surface area is 176 Å². The predicted octanol–water partition coefficient (Wildman–Crippen LogP) is 4.44. The summed E-state index contributed by atoms with van der Waals surface area (Å²) in [4.78, 5) is 12.8. The maximum Gasteiger partial charge on any atom is 0.231 e. The van der Waals surface area contributed by atoms with Gasteiger partial charge in [-0.25, -0.2) is 4.68 Å². The number of anilines is 1. The van der Waals surface area contributed by atoms with Gasteiger partial charge in [0.05, 0.1) is 30.5 Å². The number of ether oxygens (including phenoxy) is 2. The van der Waals surface area contributed by atoms with Gasteiger partial charge in [-0.05, 0) is 36.6 Å². The van der Waals surface area contributed by atoms with E-state index in [-0.39, 0.29) is 18.6 Å². The minimum absolute atomic E-state index is 0.0931. The molecule has 1 unspecified atom stereocenters. The van der Waals surface area contributed by atoms with Gasteiger partial charge in [0, 0.05) is 11.6 Å². The molecule has 0 radical (unpaired) electrons. The van der Waals surface area contributed by atoms with E-state index in [9.17, 15) is 4.79 Å². The summed E-state index contributed by atoms with van der Waals surface area (Å²) in [5.74, 6) is 0.195. The van der Waals surface area contributed by atoms with Crippen molar-refractivity contribution in [3.8, 4) is 16.9 Å². The summed E-state index contributed by atoms with van der Waals surface area (Å²) in [7, 11) is 0. The zero-order valence-corrected chi connectivity index (χ0v) is 17.2. The van der Waals surface area contributed by atoms with Crippen molar-refractivity contribution in [3.63, 3.8) is 0 Å². The first-order chi connectivity index (χ1) is 14.7. The Morgan fingerprint density at radius 2 is 2.00 bits per heavy atom. The molecule has 2 heterocycles. The largest absolute Gasteiger partial charge is 0.355 e. The van der Waals surface area contributed by atoms with Gasteiger partial charge in [-0.3, -0.25) is 4.79 Å². The van der Waals surface area contributed by atoms with Crippen molar-refractivity contribution in [2.24, 2.45) is 5.92 Å². The lowest BCUT2D eigenvalue weighted by Gasteiger charge is -2.11. The minimum Gasteiger partial charge on any atom is -0.355 e. The van der Waals surface area contributed by atoms with Crippen LogP contribution in [0.1, 0.15) is 25.3 Å². The van der Waals surface area contributed by atoms with E-state index in [1.165, 1.54) is 5.56 Å². The summed E-state index contributed by atoms with van der Waals surface area (Å²) in [5.41, 5.74) is 4.25. The van der Waals surface area contributed by atoms with E-state index in [1.54, 1.807) is 0 Å². The molecule has 1 aliphatic rings. The van der Waals surface area contributed by atoms with Crippen LogP contribution in [-0.2, 0) is 20.7 Å². The molecule has 4 rings (SSSR count). The molecule has 30 heavy (non-hydrogen) atoms. The Hall–Kier alpha value is -2.96. The van der Waals surface area contributed by atoms with Crippen molar-refractivity contribution < 1.29 is 14.3 Å². The second-order valence-electron chi connectivity index (χ2n) is 7.48. The van der Waals surface area contributed by atoms with E-state index >= 15 is 0 Å². The van der Waals surface area contributed by atoms with E-state index in [0.717, 1.165) is 29.8 Å². The first-order valence-electron chi connectivity index (χ1n) is 10.5. The zero-order chi connectivity index (χ0) is 20.8. The highest BCUT2D eigenvalue weighted by Gasteiger charge is 2.22. The number of hydrogen-bond acceptors (Lipinski definition) is 4. The molecule has 3 aromatic rings. The van der Waals surface area contributed by atoms with Gasteiger partial charge in [0.1, 0.15) is 6.79 Å². The maximum atomic E-state index is 12.8. The number of nitrogens with one attached hydrogen (secondary N) is 1. The van der Waals surface area contributed by atoms with Crippen LogP contribution in [0.5, 0.6) is 0 Å². The summed E-state index contributed by atoms with van der Waals surface area (Å²) >= 11 is 0. The lowest BCUT2D eigenvalue weighted by molar-refractivity contribution is -0.121. The highest BCUT2D eigenvalue weighted by Crippen LogP contribution is 2.27. The monoisotopic (exact) mass is 405 g/mol. The van der Waals surface area contributed by atoms with Crippen molar-refractivity contribution in [2.45, 2.75) is 26.2 Å². The molecule has 1 N–H and O–H groups in total. The molecule has 0 bridgehead atoms. The van der Waals surface area contributed by atoms with Crippen LogP contribution in [0.2, 0.25) is 0 Å². The van der Waals surface area contributed by atoms with Gasteiger partial charge in [0.15, 0.2) is 5.82 Å². The molecule has 0 saturated carbocycles. The van der Waals surface area contributed by atoms with Gasteiger partial charge in [-0.1, -0.05) is 49.7 Å². The van der Waals surface area contributed by atoms with Crippen LogP contribution in [0.3, 0.4) is 0 Å². The average Bonchev–Trinajstić information content (AvgIpc) is 3.00. The Morgan fingerprint density at radius 1 is 1.13 bits per heavy atom. The summed E-state index contributed by atoms with van der Waals surface area (Å²) in [6, 6.07) is 20.4. The standard InChI is InChI=1S/C24H27N3O3/c1-2-7-18-8-6-9-19(14-18)22-15-23(26-27(22)21-10-4-3-5-11-21)25-24(28)20-12-13-29-17-30-16-20/h3-6,8-11,14-15,20H,2,7,12-13,16-17H2,1H3,(H,25,26,28). The quantitative estimate of drug-likeness (QED) is 0.658. The third-order valence-electron chi connectivity index (χ3n) is 5.19. The highest BCUT2D eigenvalue weighted by molar-refractivity contribution is 5.92. The molecule has 1 saturated heterocycles. The third kappa shape index (κ3) is 4.78. The molecule has 1 atom stereocenters. The van der Waals surface area contributed by atoms with Crippen molar-refractivity contribution in [1.29, 1.82) is 0 Å². The van der Waals surface area contributed by atoms with Gasteiger partial charge in [0.2, 0.25) is 5.91 Å². The van der Waals surface area contributed by atoms with E-state index in [2.05, 4.69) is 36.5 Å². The Bertz CT molecular complexity index is 976. The molecule has 0 aliphatic carbocycles. The molecule has 2 aromatic carbocycles. The van der Waals surface area contributed by atoms with E-state index < -0.39 is 0 Å². The van der Waals surface area contributed by atoms with Crippen LogP contribution in [0.4, 0.5) is 5.82 Å². The van der Waals surface area contributed by atoms with Gasteiger partial charge in [-0.15, -0.1) is 5.10 Å². The van der Waals surface area contributed by atoms with Gasteiger partial charge >= 0.3 is 0 Å². The third-order valence-corrected chi connectivity index (χ3v) is 5.19. The van der Waals surface area contributed by atoms with Gasteiger partial charge in [-0.2, -0.15) is 0 Å².